The maximum Gasteiger partial charge on any atom is 0.243 e. The van der Waals surface area contributed by atoms with E-state index in [0.717, 1.165) is 25.7 Å². The summed E-state index contributed by atoms with van der Waals surface area (Å²) in [5.41, 5.74) is 7.36. The molecule has 0 spiro atoms. The number of aryl methyl sites for hydroxylation is 2. The minimum Gasteiger partial charge on any atom is -0.385 e. The number of ether oxygens (including phenoxy) is 1. The van der Waals surface area contributed by atoms with Gasteiger partial charge < -0.3 is 15.0 Å². The zero-order valence-corrected chi connectivity index (χ0v) is 11.8. The van der Waals surface area contributed by atoms with Crippen LogP contribution in [-0.4, -0.2) is 23.9 Å². The Labute approximate surface area is 119 Å². The van der Waals surface area contributed by atoms with Crippen molar-refractivity contribution in [2.24, 2.45) is 5.73 Å². The van der Waals surface area contributed by atoms with E-state index in [4.69, 9.17) is 15.0 Å². The summed E-state index contributed by atoms with van der Waals surface area (Å²) in [7, 11) is 1.68. The number of nitrogens with zero attached hydrogens (tertiary/aromatic N) is 2. The van der Waals surface area contributed by atoms with Crippen molar-refractivity contribution in [3.8, 4) is 0 Å². The summed E-state index contributed by atoms with van der Waals surface area (Å²) >= 11 is 0. The first-order chi connectivity index (χ1) is 9.79. The molecule has 0 saturated heterocycles. The monoisotopic (exact) mass is 275 g/mol. The van der Waals surface area contributed by atoms with Gasteiger partial charge in [0, 0.05) is 20.1 Å². The molecule has 108 valence electrons. The zero-order valence-electron chi connectivity index (χ0n) is 11.8. The normalized spacial score (nSPS) is 12.5. The summed E-state index contributed by atoms with van der Waals surface area (Å²) < 4.78 is 10.2. The number of hydrogen-bond acceptors (Lipinski definition) is 5. The van der Waals surface area contributed by atoms with Crippen molar-refractivity contribution < 1.29 is 9.26 Å². The topological polar surface area (TPSA) is 74.2 Å². The Morgan fingerprint density at radius 2 is 2.05 bits per heavy atom. The van der Waals surface area contributed by atoms with Crippen LogP contribution >= 0.6 is 0 Å². The van der Waals surface area contributed by atoms with Gasteiger partial charge in [-0.3, -0.25) is 0 Å². The van der Waals surface area contributed by atoms with Crippen LogP contribution in [0.2, 0.25) is 0 Å². The largest absolute Gasteiger partial charge is 0.385 e. The van der Waals surface area contributed by atoms with Gasteiger partial charge in [-0.1, -0.05) is 35.5 Å². The summed E-state index contributed by atoms with van der Waals surface area (Å²) in [5.74, 6) is 1.22. The summed E-state index contributed by atoms with van der Waals surface area (Å²) in [4.78, 5) is 4.34. The summed E-state index contributed by atoms with van der Waals surface area (Å²) in [6.07, 6.45) is 3.34. The number of nitrogens with two attached hydrogens (primary N) is 1. The quantitative estimate of drug-likeness (QED) is 0.748. The van der Waals surface area contributed by atoms with E-state index >= 15 is 0 Å². The fourth-order valence-electron chi connectivity index (χ4n) is 1.98. The molecule has 0 unspecified atom stereocenters. The highest BCUT2D eigenvalue weighted by Gasteiger charge is 2.14. The molecule has 0 radical (unpaired) electrons. The average molecular weight is 275 g/mol. The van der Waals surface area contributed by atoms with Crippen molar-refractivity contribution in [2.45, 2.75) is 31.7 Å². The Morgan fingerprint density at radius 3 is 2.80 bits per heavy atom. The number of rotatable bonds is 8. The molecule has 2 N–H and O–H groups in total. The van der Waals surface area contributed by atoms with Crippen molar-refractivity contribution in [1.82, 2.24) is 10.1 Å². The minimum absolute atomic E-state index is 0.209. The van der Waals surface area contributed by atoms with Crippen molar-refractivity contribution in [1.29, 1.82) is 0 Å². The molecule has 0 fully saturated rings. The highest BCUT2D eigenvalue weighted by atomic mass is 16.5. The van der Waals surface area contributed by atoms with Gasteiger partial charge >= 0.3 is 0 Å². The molecule has 0 saturated carbocycles. The predicted molar refractivity (Wildman–Crippen MR) is 76.2 cm³/mol. The van der Waals surface area contributed by atoms with Gasteiger partial charge in [0.05, 0.1) is 6.04 Å². The second-order valence-corrected chi connectivity index (χ2v) is 4.78. The van der Waals surface area contributed by atoms with Crippen LogP contribution in [0.1, 0.15) is 36.2 Å². The number of aromatic nitrogens is 2. The molecule has 0 aliphatic heterocycles. The minimum atomic E-state index is -0.209. The highest BCUT2D eigenvalue weighted by molar-refractivity contribution is 5.15. The van der Waals surface area contributed by atoms with Crippen LogP contribution in [0, 0.1) is 0 Å². The standard InChI is InChI=1S/C15H21N3O2/c1-19-11-5-8-14-17-15(20-18-14)13(16)10-9-12-6-3-2-4-7-12/h2-4,6-7,13H,5,8-11,16H2,1H3/t13-/m0/s1. The van der Waals surface area contributed by atoms with Crippen LogP contribution in [-0.2, 0) is 17.6 Å². The second kappa shape index (κ2) is 7.77. The van der Waals surface area contributed by atoms with E-state index < -0.39 is 0 Å². The summed E-state index contributed by atoms with van der Waals surface area (Å²) in [5, 5.41) is 3.94. The number of hydrogen-bond donors (Lipinski definition) is 1. The van der Waals surface area contributed by atoms with Crippen LogP contribution in [0.3, 0.4) is 0 Å². The second-order valence-electron chi connectivity index (χ2n) is 4.78. The molecular weight excluding hydrogens is 254 g/mol. The van der Waals surface area contributed by atoms with Gasteiger partial charge in [0.1, 0.15) is 0 Å². The molecule has 0 bridgehead atoms. The third-order valence-corrected chi connectivity index (χ3v) is 3.14. The maximum atomic E-state index is 6.09. The SMILES string of the molecule is COCCCc1noc([C@@H](N)CCc2ccccc2)n1. The molecular formula is C15H21N3O2. The van der Waals surface area contributed by atoms with E-state index in [1.54, 1.807) is 7.11 Å². The molecule has 1 atom stereocenters. The van der Waals surface area contributed by atoms with E-state index in [0.29, 0.717) is 18.3 Å². The van der Waals surface area contributed by atoms with Gasteiger partial charge in [-0.15, -0.1) is 0 Å². The smallest absolute Gasteiger partial charge is 0.243 e. The Kier molecular flexibility index (Phi) is 5.70. The molecule has 20 heavy (non-hydrogen) atoms. The van der Waals surface area contributed by atoms with Gasteiger partial charge in [0.2, 0.25) is 5.89 Å². The first-order valence-electron chi connectivity index (χ1n) is 6.90. The predicted octanol–water partition coefficient (Wildman–Crippen LogP) is 2.28. The van der Waals surface area contributed by atoms with Crippen molar-refractivity contribution in [3.63, 3.8) is 0 Å². The molecule has 2 rings (SSSR count). The molecule has 5 nitrogen and oxygen atoms in total. The van der Waals surface area contributed by atoms with Crippen LogP contribution in [0.4, 0.5) is 0 Å². The third kappa shape index (κ3) is 4.43. The molecule has 5 heteroatoms. The Morgan fingerprint density at radius 1 is 1.25 bits per heavy atom. The Hall–Kier alpha value is -1.72. The maximum absolute atomic E-state index is 6.09. The van der Waals surface area contributed by atoms with Gasteiger partial charge in [0.15, 0.2) is 5.82 Å². The van der Waals surface area contributed by atoms with Gasteiger partial charge in [-0.2, -0.15) is 4.98 Å². The van der Waals surface area contributed by atoms with E-state index in [9.17, 15) is 0 Å². The fourth-order valence-corrected chi connectivity index (χ4v) is 1.98. The Bertz CT molecular complexity index is 499. The summed E-state index contributed by atoms with van der Waals surface area (Å²) in [6, 6.07) is 10.0. The van der Waals surface area contributed by atoms with Crippen LogP contribution in [0.5, 0.6) is 0 Å². The van der Waals surface area contributed by atoms with Crippen molar-refractivity contribution in [3.05, 3.63) is 47.6 Å². The van der Waals surface area contributed by atoms with E-state index in [1.165, 1.54) is 5.56 Å². The summed E-state index contributed by atoms with van der Waals surface area (Å²) in [6.45, 7) is 0.698. The zero-order chi connectivity index (χ0) is 14.2. The lowest BCUT2D eigenvalue weighted by molar-refractivity contribution is 0.194. The van der Waals surface area contributed by atoms with Gasteiger partial charge in [0.25, 0.3) is 0 Å². The molecule has 1 aromatic carbocycles. The van der Waals surface area contributed by atoms with Crippen LogP contribution in [0.25, 0.3) is 0 Å². The fraction of sp³-hybridized carbons (Fsp3) is 0.467. The molecule has 2 aromatic rings. The van der Waals surface area contributed by atoms with E-state index in [2.05, 4.69) is 22.3 Å². The molecule has 0 aliphatic carbocycles. The van der Waals surface area contributed by atoms with Crippen molar-refractivity contribution in [2.75, 3.05) is 13.7 Å². The van der Waals surface area contributed by atoms with Gasteiger partial charge in [-0.05, 0) is 24.8 Å². The third-order valence-electron chi connectivity index (χ3n) is 3.14. The lowest BCUT2D eigenvalue weighted by Crippen LogP contribution is -2.12. The molecule has 0 amide bonds. The molecule has 1 aromatic heterocycles. The molecule has 0 aliphatic rings. The Balaban J connectivity index is 1.81. The number of benzene rings is 1. The van der Waals surface area contributed by atoms with Crippen molar-refractivity contribution >= 4 is 0 Å². The first kappa shape index (κ1) is 14.7. The van der Waals surface area contributed by atoms with E-state index in [1.807, 2.05) is 18.2 Å². The van der Waals surface area contributed by atoms with Crippen LogP contribution < -0.4 is 5.73 Å². The lowest BCUT2D eigenvalue weighted by atomic mass is 10.1. The molecule has 1 heterocycles. The average Bonchev–Trinajstić information content (AvgIpc) is 2.95. The van der Waals surface area contributed by atoms with E-state index in [-0.39, 0.29) is 6.04 Å². The lowest BCUT2D eigenvalue weighted by Gasteiger charge is -2.06. The first-order valence-corrected chi connectivity index (χ1v) is 6.90. The van der Waals surface area contributed by atoms with Gasteiger partial charge in [-0.25, -0.2) is 0 Å². The number of methoxy groups -OCH3 is 1. The van der Waals surface area contributed by atoms with Crippen LogP contribution in [0.15, 0.2) is 34.9 Å². The highest BCUT2D eigenvalue weighted by Crippen LogP contribution is 2.15.